The molecule has 0 aromatic rings. The highest BCUT2D eigenvalue weighted by atomic mass is 16.4. The summed E-state index contributed by atoms with van der Waals surface area (Å²) in [5, 5.41) is 13.2. The molecule has 1 aliphatic heterocycles. The molecule has 1 N–H and O–H groups in total. The second kappa shape index (κ2) is 4.22. The van der Waals surface area contributed by atoms with Gasteiger partial charge in [0.05, 0.1) is 5.71 Å². The van der Waals surface area contributed by atoms with E-state index in [0.29, 0.717) is 11.8 Å². The van der Waals surface area contributed by atoms with Crippen molar-refractivity contribution in [1.82, 2.24) is 4.90 Å². The van der Waals surface area contributed by atoms with Crippen LogP contribution in [0.5, 0.6) is 0 Å². The Morgan fingerprint density at radius 3 is 2.61 bits per heavy atom. The van der Waals surface area contributed by atoms with Crippen molar-refractivity contribution >= 4 is 5.71 Å². The van der Waals surface area contributed by atoms with E-state index in [1.807, 2.05) is 0 Å². The molecule has 2 bridgehead atoms. The van der Waals surface area contributed by atoms with E-state index in [9.17, 15) is 5.21 Å². The first-order chi connectivity index (χ1) is 8.88. The van der Waals surface area contributed by atoms with Crippen LogP contribution < -0.4 is 0 Å². The standard InChI is InChI=1S/C15H24N2O/c18-16-15-13-8-12(10-4-3-5-11(10)13)14(15)9-17-6-1-2-7-17/h10-14,18H,1-9H2/b16-15+/t10-,11+,12-,13+,14-/m1/s1. The summed E-state index contributed by atoms with van der Waals surface area (Å²) in [4.78, 5) is 2.60. The van der Waals surface area contributed by atoms with Gasteiger partial charge < -0.3 is 10.1 Å². The zero-order chi connectivity index (χ0) is 12.1. The number of likely N-dealkylation sites (tertiary alicyclic amines) is 1. The van der Waals surface area contributed by atoms with Crippen LogP contribution in [0, 0.1) is 29.6 Å². The van der Waals surface area contributed by atoms with Crippen molar-refractivity contribution in [2.24, 2.45) is 34.7 Å². The molecule has 100 valence electrons. The highest BCUT2D eigenvalue weighted by Gasteiger charge is 2.57. The van der Waals surface area contributed by atoms with Gasteiger partial charge in [0.25, 0.3) is 0 Å². The first-order valence-electron chi connectivity index (χ1n) is 7.82. The zero-order valence-corrected chi connectivity index (χ0v) is 11.1. The van der Waals surface area contributed by atoms with Crippen molar-refractivity contribution in [3.63, 3.8) is 0 Å². The van der Waals surface area contributed by atoms with Gasteiger partial charge in [-0.1, -0.05) is 11.6 Å². The monoisotopic (exact) mass is 248 g/mol. The number of fused-ring (bicyclic) bond motifs is 5. The maximum atomic E-state index is 9.42. The van der Waals surface area contributed by atoms with E-state index in [0.717, 1.165) is 17.8 Å². The van der Waals surface area contributed by atoms with Gasteiger partial charge in [0.15, 0.2) is 0 Å². The van der Waals surface area contributed by atoms with E-state index in [1.54, 1.807) is 0 Å². The summed E-state index contributed by atoms with van der Waals surface area (Å²) in [7, 11) is 0. The van der Waals surface area contributed by atoms with Crippen molar-refractivity contribution in [2.75, 3.05) is 19.6 Å². The topological polar surface area (TPSA) is 35.8 Å². The molecule has 0 aromatic carbocycles. The van der Waals surface area contributed by atoms with E-state index in [2.05, 4.69) is 10.1 Å². The lowest BCUT2D eigenvalue weighted by Gasteiger charge is -2.34. The van der Waals surface area contributed by atoms with Crippen LogP contribution in [0.3, 0.4) is 0 Å². The molecular formula is C15H24N2O. The second-order valence-corrected chi connectivity index (χ2v) is 6.90. The predicted octanol–water partition coefficient (Wildman–Crippen LogP) is 2.59. The fourth-order valence-electron chi connectivity index (χ4n) is 5.61. The van der Waals surface area contributed by atoms with E-state index in [1.165, 1.54) is 63.9 Å². The molecule has 18 heavy (non-hydrogen) atoms. The molecule has 3 nitrogen and oxygen atoms in total. The molecule has 4 fully saturated rings. The summed E-state index contributed by atoms with van der Waals surface area (Å²) in [6, 6.07) is 0. The minimum atomic E-state index is 0.581. The van der Waals surface area contributed by atoms with Crippen LogP contribution in [0.2, 0.25) is 0 Å². The summed E-state index contributed by atoms with van der Waals surface area (Å²) in [6.45, 7) is 3.70. The number of rotatable bonds is 2. The van der Waals surface area contributed by atoms with Gasteiger partial charge in [0.2, 0.25) is 0 Å². The maximum Gasteiger partial charge on any atom is 0.0651 e. The molecule has 0 unspecified atom stereocenters. The highest BCUT2D eigenvalue weighted by molar-refractivity contribution is 5.92. The molecule has 0 radical (unpaired) electrons. The minimum Gasteiger partial charge on any atom is -0.411 e. The quantitative estimate of drug-likeness (QED) is 0.602. The molecule has 3 saturated carbocycles. The van der Waals surface area contributed by atoms with Gasteiger partial charge in [-0.15, -0.1) is 0 Å². The zero-order valence-electron chi connectivity index (χ0n) is 11.1. The van der Waals surface area contributed by atoms with E-state index in [4.69, 9.17) is 0 Å². The van der Waals surface area contributed by atoms with E-state index < -0.39 is 0 Å². The summed E-state index contributed by atoms with van der Waals surface area (Å²) in [5.74, 6) is 3.90. The fourth-order valence-corrected chi connectivity index (χ4v) is 5.61. The number of nitrogens with zero attached hydrogens (tertiary/aromatic N) is 2. The molecular weight excluding hydrogens is 224 g/mol. The summed E-state index contributed by atoms with van der Waals surface area (Å²) >= 11 is 0. The second-order valence-electron chi connectivity index (χ2n) is 6.90. The van der Waals surface area contributed by atoms with Crippen molar-refractivity contribution in [2.45, 2.75) is 38.5 Å². The van der Waals surface area contributed by atoms with Crippen LogP contribution >= 0.6 is 0 Å². The average molecular weight is 248 g/mol. The number of oxime groups is 1. The Hall–Kier alpha value is -0.570. The first-order valence-corrected chi connectivity index (χ1v) is 7.82. The van der Waals surface area contributed by atoms with Gasteiger partial charge in [0, 0.05) is 18.4 Å². The van der Waals surface area contributed by atoms with Crippen LogP contribution in [0.15, 0.2) is 5.16 Å². The van der Waals surface area contributed by atoms with E-state index in [-0.39, 0.29) is 0 Å². The molecule has 0 spiro atoms. The van der Waals surface area contributed by atoms with Crippen LogP contribution in [0.1, 0.15) is 38.5 Å². The highest BCUT2D eigenvalue weighted by Crippen LogP contribution is 2.59. The summed E-state index contributed by atoms with van der Waals surface area (Å²) < 4.78 is 0. The van der Waals surface area contributed by atoms with E-state index >= 15 is 0 Å². The van der Waals surface area contributed by atoms with Crippen LogP contribution in [-0.4, -0.2) is 35.5 Å². The van der Waals surface area contributed by atoms with Crippen LogP contribution in [0.4, 0.5) is 0 Å². The molecule has 3 aliphatic carbocycles. The number of hydrogen-bond donors (Lipinski definition) is 1. The third kappa shape index (κ3) is 1.49. The maximum absolute atomic E-state index is 9.42. The summed E-state index contributed by atoms with van der Waals surface area (Å²) in [5.41, 5.74) is 1.18. The first kappa shape index (κ1) is 11.3. The smallest absolute Gasteiger partial charge is 0.0651 e. The van der Waals surface area contributed by atoms with Gasteiger partial charge in [-0.25, -0.2) is 0 Å². The molecule has 0 aromatic heterocycles. The Bertz CT molecular complexity index is 362. The molecule has 4 aliphatic rings. The van der Waals surface area contributed by atoms with Crippen LogP contribution in [-0.2, 0) is 0 Å². The molecule has 1 heterocycles. The van der Waals surface area contributed by atoms with Crippen molar-refractivity contribution in [3.8, 4) is 0 Å². The third-order valence-corrected chi connectivity index (χ3v) is 6.26. The molecule has 3 heteroatoms. The van der Waals surface area contributed by atoms with Crippen molar-refractivity contribution in [3.05, 3.63) is 0 Å². The van der Waals surface area contributed by atoms with Gasteiger partial charge in [-0.2, -0.15) is 0 Å². The Balaban J connectivity index is 1.55. The minimum absolute atomic E-state index is 0.581. The molecule has 5 atom stereocenters. The average Bonchev–Trinajstić information content (AvgIpc) is 3.11. The predicted molar refractivity (Wildman–Crippen MR) is 70.8 cm³/mol. The lowest BCUT2D eigenvalue weighted by molar-refractivity contribution is 0.209. The lowest BCUT2D eigenvalue weighted by atomic mass is 9.74. The normalized spacial score (nSPS) is 49.3. The largest absolute Gasteiger partial charge is 0.411 e. The van der Waals surface area contributed by atoms with Gasteiger partial charge in [-0.05, 0) is 62.9 Å². The van der Waals surface area contributed by atoms with Crippen LogP contribution in [0.25, 0.3) is 0 Å². The Labute approximate surface area is 109 Å². The van der Waals surface area contributed by atoms with Gasteiger partial charge in [-0.3, -0.25) is 0 Å². The molecule has 0 amide bonds. The third-order valence-electron chi connectivity index (χ3n) is 6.26. The molecule has 1 saturated heterocycles. The molecule has 4 rings (SSSR count). The van der Waals surface area contributed by atoms with Gasteiger partial charge in [0.1, 0.15) is 0 Å². The van der Waals surface area contributed by atoms with Gasteiger partial charge >= 0.3 is 0 Å². The Morgan fingerprint density at radius 1 is 1.06 bits per heavy atom. The number of hydrogen-bond acceptors (Lipinski definition) is 3. The fraction of sp³-hybridized carbons (Fsp3) is 0.933. The lowest BCUT2D eigenvalue weighted by Crippen LogP contribution is -2.39. The Morgan fingerprint density at radius 2 is 1.83 bits per heavy atom. The summed E-state index contributed by atoms with van der Waals surface area (Å²) in [6.07, 6.45) is 8.30. The Kier molecular flexibility index (Phi) is 2.65. The van der Waals surface area contributed by atoms with Crippen molar-refractivity contribution in [1.29, 1.82) is 0 Å². The SMILES string of the molecule is O/N=C1\[C@H]2C[C@H]([C@@H]3CCC[C@@H]32)[C@H]1CN1CCCC1. The van der Waals surface area contributed by atoms with Crippen molar-refractivity contribution < 1.29 is 5.21 Å².